The molecule has 1 rings (SSSR count). The highest BCUT2D eigenvalue weighted by Gasteiger charge is 2.28. The second-order valence-electron chi connectivity index (χ2n) is 7.00. The Kier molecular flexibility index (Phi) is 9.82. The summed E-state index contributed by atoms with van der Waals surface area (Å²) < 4.78 is 21.8. The highest BCUT2D eigenvalue weighted by atomic mass is 16.6. The van der Waals surface area contributed by atoms with E-state index in [0.717, 1.165) is 5.56 Å². The molecule has 0 fully saturated rings. The summed E-state index contributed by atoms with van der Waals surface area (Å²) in [5.41, 5.74) is 0.408. The van der Waals surface area contributed by atoms with Crippen LogP contribution in [0, 0.1) is 0 Å². The van der Waals surface area contributed by atoms with E-state index in [4.69, 9.17) is 18.9 Å². The minimum atomic E-state index is -0.825. The van der Waals surface area contributed by atoms with Crippen LogP contribution >= 0.6 is 0 Å². The van der Waals surface area contributed by atoms with Gasteiger partial charge in [0.05, 0.1) is 13.2 Å². The molecule has 0 heterocycles. The van der Waals surface area contributed by atoms with Crippen LogP contribution in [0.25, 0.3) is 0 Å². The van der Waals surface area contributed by atoms with Gasteiger partial charge in [0.25, 0.3) is 0 Å². The van der Waals surface area contributed by atoms with Gasteiger partial charge in [-0.15, -0.1) is 0 Å². The molecule has 0 spiro atoms. The maximum Gasteiger partial charge on any atom is 0.409 e. The van der Waals surface area contributed by atoms with Crippen LogP contribution in [0.15, 0.2) is 30.3 Å². The Morgan fingerprint density at radius 1 is 1.15 bits per heavy atom. The van der Waals surface area contributed by atoms with Gasteiger partial charge in [-0.25, -0.2) is 4.79 Å². The molecule has 0 saturated carbocycles. The van der Waals surface area contributed by atoms with Gasteiger partial charge in [-0.1, -0.05) is 30.3 Å². The number of alkyl carbamates (subject to hydrolysis) is 1. The molecule has 1 aromatic rings. The molecule has 7 nitrogen and oxygen atoms in total. The lowest BCUT2D eigenvalue weighted by Gasteiger charge is -2.28. The fourth-order valence-corrected chi connectivity index (χ4v) is 2.29. The fourth-order valence-electron chi connectivity index (χ4n) is 2.29. The van der Waals surface area contributed by atoms with Crippen molar-refractivity contribution in [3.05, 3.63) is 35.9 Å². The Morgan fingerprint density at radius 3 is 2.37 bits per heavy atom. The third-order valence-corrected chi connectivity index (χ3v) is 3.32. The maximum atomic E-state index is 12.1. The van der Waals surface area contributed by atoms with Crippen molar-refractivity contribution in [1.29, 1.82) is 0 Å². The normalized spacial score (nSPS) is 13.5. The molecule has 152 valence electrons. The minimum Gasteiger partial charge on any atom is -0.458 e. The van der Waals surface area contributed by atoms with E-state index in [2.05, 4.69) is 5.32 Å². The van der Waals surface area contributed by atoms with Crippen LogP contribution in [0.5, 0.6) is 0 Å². The lowest BCUT2D eigenvalue weighted by molar-refractivity contribution is -0.158. The number of rotatable bonds is 10. The van der Waals surface area contributed by atoms with Gasteiger partial charge in [-0.05, 0) is 33.3 Å². The summed E-state index contributed by atoms with van der Waals surface area (Å²) >= 11 is 0. The van der Waals surface area contributed by atoms with Crippen LogP contribution in [0.2, 0.25) is 0 Å². The average Bonchev–Trinajstić information content (AvgIpc) is 2.56. The van der Waals surface area contributed by atoms with Crippen molar-refractivity contribution < 1.29 is 28.5 Å². The van der Waals surface area contributed by atoms with Crippen molar-refractivity contribution in [2.75, 3.05) is 13.2 Å². The molecule has 0 aliphatic carbocycles. The first-order chi connectivity index (χ1) is 12.7. The quantitative estimate of drug-likeness (QED) is 0.380. The van der Waals surface area contributed by atoms with Crippen LogP contribution in [0.3, 0.4) is 0 Å². The standard InChI is InChI=1S/C20H31NO6/c1-6-25-18(21-19(23)27-20(3,4)5)17(26-15(2)22)12-13-24-14-16-10-8-7-9-11-16/h7-11,17-18H,6,12-14H2,1-5H3,(H,21,23). The van der Waals surface area contributed by atoms with Gasteiger partial charge in [0, 0.05) is 20.0 Å². The number of nitrogens with one attached hydrogen (secondary N) is 1. The summed E-state index contributed by atoms with van der Waals surface area (Å²) in [5, 5.41) is 2.62. The second kappa shape index (κ2) is 11.6. The van der Waals surface area contributed by atoms with E-state index in [1.54, 1.807) is 27.7 Å². The van der Waals surface area contributed by atoms with E-state index in [9.17, 15) is 9.59 Å². The number of benzene rings is 1. The van der Waals surface area contributed by atoms with E-state index in [1.165, 1.54) is 6.92 Å². The summed E-state index contributed by atoms with van der Waals surface area (Å²) in [6.45, 7) is 9.53. The Balaban J connectivity index is 2.62. The van der Waals surface area contributed by atoms with Crippen molar-refractivity contribution in [2.24, 2.45) is 0 Å². The number of esters is 1. The monoisotopic (exact) mass is 381 g/mol. The van der Waals surface area contributed by atoms with Crippen LogP contribution in [-0.4, -0.2) is 43.2 Å². The Bertz CT molecular complexity index is 570. The van der Waals surface area contributed by atoms with Gasteiger partial charge in [0.1, 0.15) is 11.7 Å². The predicted molar refractivity (Wildman–Crippen MR) is 101 cm³/mol. The van der Waals surface area contributed by atoms with Gasteiger partial charge in [0.2, 0.25) is 0 Å². The number of carbonyl (C=O) groups excluding carboxylic acids is 2. The first-order valence-corrected chi connectivity index (χ1v) is 9.11. The molecular formula is C20H31NO6. The van der Waals surface area contributed by atoms with Gasteiger partial charge < -0.3 is 18.9 Å². The molecule has 0 saturated heterocycles. The molecule has 7 heteroatoms. The Labute approximate surface area is 161 Å². The highest BCUT2D eigenvalue weighted by molar-refractivity contribution is 5.68. The first-order valence-electron chi connectivity index (χ1n) is 9.11. The fraction of sp³-hybridized carbons (Fsp3) is 0.600. The lowest BCUT2D eigenvalue weighted by atomic mass is 10.2. The van der Waals surface area contributed by atoms with Crippen LogP contribution < -0.4 is 5.32 Å². The highest BCUT2D eigenvalue weighted by Crippen LogP contribution is 2.12. The number of amides is 1. The summed E-state index contributed by atoms with van der Waals surface area (Å²) in [6, 6.07) is 9.76. The lowest BCUT2D eigenvalue weighted by Crippen LogP contribution is -2.48. The van der Waals surface area contributed by atoms with E-state index in [1.807, 2.05) is 30.3 Å². The predicted octanol–water partition coefficient (Wildman–Crippen LogP) is 3.41. The zero-order valence-corrected chi connectivity index (χ0v) is 16.8. The summed E-state index contributed by atoms with van der Waals surface area (Å²) in [5.74, 6) is -0.459. The van der Waals surface area contributed by atoms with Gasteiger partial charge >= 0.3 is 12.1 Å². The molecule has 2 atom stereocenters. The van der Waals surface area contributed by atoms with Crippen molar-refractivity contribution in [1.82, 2.24) is 5.32 Å². The molecule has 0 aliphatic rings. The smallest absolute Gasteiger partial charge is 0.409 e. The molecule has 1 amide bonds. The largest absolute Gasteiger partial charge is 0.458 e. The molecule has 1 N–H and O–H groups in total. The van der Waals surface area contributed by atoms with Gasteiger partial charge in [-0.2, -0.15) is 0 Å². The van der Waals surface area contributed by atoms with Crippen LogP contribution in [-0.2, 0) is 30.3 Å². The SMILES string of the molecule is CCOC(NC(=O)OC(C)(C)C)C(CCOCc1ccccc1)OC(C)=O. The third-order valence-electron chi connectivity index (χ3n) is 3.32. The summed E-state index contributed by atoms with van der Waals surface area (Å²) in [4.78, 5) is 23.5. The van der Waals surface area contributed by atoms with Crippen molar-refractivity contribution in [3.63, 3.8) is 0 Å². The third kappa shape index (κ3) is 10.6. The van der Waals surface area contributed by atoms with Crippen LogP contribution in [0.4, 0.5) is 4.79 Å². The van der Waals surface area contributed by atoms with Crippen molar-refractivity contribution >= 4 is 12.1 Å². The average molecular weight is 381 g/mol. The topological polar surface area (TPSA) is 83.1 Å². The van der Waals surface area contributed by atoms with Gasteiger partial charge in [-0.3, -0.25) is 10.1 Å². The van der Waals surface area contributed by atoms with Crippen molar-refractivity contribution in [3.8, 4) is 0 Å². The molecule has 0 bridgehead atoms. The van der Waals surface area contributed by atoms with E-state index >= 15 is 0 Å². The molecular weight excluding hydrogens is 350 g/mol. The molecule has 1 aromatic carbocycles. The number of carbonyl (C=O) groups is 2. The second-order valence-corrected chi connectivity index (χ2v) is 7.00. The molecule has 27 heavy (non-hydrogen) atoms. The molecule has 0 aliphatic heterocycles. The van der Waals surface area contributed by atoms with E-state index in [-0.39, 0.29) is 0 Å². The molecule has 2 unspecified atom stereocenters. The Morgan fingerprint density at radius 2 is 1.81 bits per heavy atom. The summed E-state index contributed by atoms with van der Waals surface area (Å²) in [7, 11) is 0. The van der Waals surface area contributed by atoms with Crippen LogP contribution in [0.1, 0.15) is 46.6 Å². The maximum absolute atomic E-state index is 12.1. The number of ether oxygens (including phenoxy) is 4. The zero-order chi connectivity index (χ0) is 20.3. The minimum absolute atomic E-state index is 0.336. The van der Waals surface area contributed by atoms with E-state index < -0.39 is 30.0 Å². The Hall–Kier alpha value is -2.12. The number of hydrogen-bond donors (Lipinski definition) is 1. The van der Waals surface area contributed by atoms with Gasteiger partial charge in [0.15, 0.2) is 6.23 Å². The molecule has 0 radical (unpaired) electrons. The molecule has 0 aromatic heterocycles. The zero-order valence-electron chi connectivity index (χ0n) is 16.8. The number of hydrogen-bond acceptors (Lipinski definition) is 6. The van der Waals surface area contributed by atoms with E-state index in [0.29, 0.717) is 26.2 Å². The first kappa shape index (κ1) is 22.9. The van der Waals surface area contributed by atoms with Crippen molar-refractivity contribution in [2.45, 2.75) is 65.6 Å². The summed E-state index contributed by atoms with van der Waals surface area (Å²) in [6.07, 6.45) is -1.78.